The van der Waals surface area contributed by atoms with Crippen molar-refractivity contribution in [2.24, 2.45) is 0 Å². The Bertz CT molecular complexity index is 394. The van der Waals surface area contributed by atoms with Gasteiger partial charge in [0.05, 0.1) is 0 Å². The molecular weight excluding hydrogens is 252 g/mol. The van der Waals surface area contributed by atoms with Crippen molar-refractivity contribution in [3.8, 4) is 0 Å². The zero-order chi connectivity index (χ0) is 13.2. The van der Waals surface area contributed by atoms with Gasteiger partial charge in [-0.1, -0.05) is 0 Å². The Morgan fingerprint density at radius 1 is 1.33 bits per heavy atom. The van der Waals surface area contributed by atoms with E-state index in [4.69, 9.17) is 4.74 Å². The fourth-order valence-electron chi connectivity index (χ4n) is 1.71. The van der Waals surface area contributed by atoms with Crippen molar-refractivity contribution in [3.05, 3.63) is 6.33 Å². The molecule has 6 nitrogen and oxygen atoms in total. The first-order valence-electron chi connectivity index (χ1n) is 5.95. The van der Waals surface area contributed by atoms with E-state index in [1.165, 1.54) is 11.5 Å². The fourth-order valence-corrected chi connectivity index (χ4v) is 2.29. The van der Waals surface area contributed by atoms with Crippen LogP contribution in [0.4, 0.5) is 9.93 Å². The first kappa shape index (κ1) is 13.1. The van der Waals surface area contributed by atoms with Crippen LogP contribution in [-0.2, 0) is 4.74 Å². The van der Waals surface area contributed by atoms with Crippen molar-refractivity contribution < 1.29 is 9.53 Å². The Kier molecular flexibility index (Phi) is 3.70. The summed E-state index contributed by atoms with van der Waals surface area (Å²) in [6.07, 6.45) is 1.32. The highest BCUT2D eigenvalue weighted by atomic mass is 32.1. The van der Waals surface area contributed by atoms with Gasteiger partial charge in [0.2, 0.25) is 5.13 Å². The van der Waals surface area contributed by atoms with Crippen molar-refractivity contribution in [1.29, 1.82) is 0 Å². The minimum atomic E-state index is -0.437. The molecule has 0 spiro atoms. The summed E-state index contributed by atoms with van der Waals surface area (Å²) in [4.78, 5) is 19.9. The molecule has 1 fully saturated rings. The molecule has 1 aliphatic rings. The fraction of sp³-hybridized carbons (Fsp3) is 0.727. The van der Waals surface area contributed by atoms with Crippen LogP contribution in [0.25, 0.3) is 0 Å². The molecular formula is C11H18N4O2S. The van der Waals surface area contributed by atoms with Crippen LogP contribution in [0.15, 0.2) is 6.33 Å². The standard InChI is InChI=1S/C11H18N4O2S/c1-11(2,3)17-10(16)15-6-4-14(5-7-15)9-12-8-13-18-9/h8H,4-7H2,1-3H3. The number of rotatable bonds is 1. The number of carbonyl (C=O) groups excluding carboxylic acids is 1. The summed E-state index contributed by atoms with van der Waals surface area (Å²) in [5, 5.41) is 0.916. The molecule has 1 aromatic rings. The lowest BCUT2D eigenvalue weighted by molar-refractivity contribution is 0.0240. The second-order valence-corrected chi connectivity index (χ2v) is 5.94. The van der Waals surface area contributed by atoms with E-state index >= 15 is 0 Å². The smallest absolute Gasteiger partial charge is 0.410 e. The quantitative estimate of drug-likeness (QED) is 0.775. The number of piperazine rings is 1. The molecule has 0 atom stereocenters. The van der Waals surface area contributed by atoms with Crippen molar-refractivity contribution in [2.75, 3.05) is 31.1 Å². The highest BCUT2D eigenvalue weighted by Crippen LogP contribution is 2.18. The summed E-state index contributed by atoms with van der Waals surface area (Å²) in [5.74, 6) is 0. The maximum atomic E-state index is 11.9. The van der Waals surface area contributed by atoms with Crippen LogP contribution in [0.2, 0.25) is 0 Å². The summed E-state index contributed by atoms with van der Waals surface area (Å²) in [6.45, 7) is 8.50. The van der Waals surface area contributed by atoms with Gasteiger partial charge >= 0.3 is 6.09 Å². The van der Waals surface area contributed by atoms with Gasteiger partial charge in [-0.3, -0.25) is 0 Å². The van der Waals surface area contributed by atoms with E-state index in [1.807, 2.05) is 20.8 Å². The van der Waals surface area contributed by atoms with E-state index in [9.17, 15) is 4.79 Å². The molecule has 0 N–H and O–H groups in total. The van der Waals surface area contributed by atoms with Crippen molar-refractivity contribution in [1.82, 2.24) is 14.3 Å². The maximum Gasteiger partial charge on any atom is 0.410 e. The van der Waals surface area contributed by atoms with Gasteiger partial charge in [-0.15, -0.1) is 0 Å². The molecule has 7 heteroatoms. The van der Waals surface area contributed by atoms with E-state index in [1.54, 1.807) is 11.2 Å². The topological polar surface area (TPSA) is 58.6 Å². The highest BCUT2D eigenvalue weighted by Gasteiger charge is 2.26. The number of aromatic nitrogens is 2. The normalized spacial score (nSPS) is 16.8. The highest BCUT2D eigenvalue weighted by molar-refractivity contribution is 7.09. The van der Waals surface area contributed by atoms with Crippen molar-refractivity contribution >= 4 is 22.8 Å². The molecule has 0 aliphatic carbocycles. The van der Waals surface area contributed by atoms with Crippen LogP contribution < -0.4 is 4.90 Å². The van der Waals surface area contributed by atoms with Gasteiger partial charge in [0.15, 0.2) is 0 Å². The third-order valence-electron chi connectivity index (χ3n) is 2.55. The van der Waals surface area contributed by atoms with E-state index in [2.05, 4.69) is 14.3 Å². The number of amides is 1. The lowest BCUT2D eigenvalue weighted by atomic mass is 10.2. The minimum Gasteiger partial charge on any atom is -0.444 e. The molecule has 1 aromatic heterocycles. The molecule has 0 bridgehead atoms. The SMILES string of the molecule is CC(C)(C)OC(=O)N1CCN(c2ncns2)CC1. The number of nitrogens with zero attached hydrogens (tertiary/aromatic N) is 4. The molecule has 0 saturated carbocycles. The Morgan fingerprint density at radius 3 is 2.50 bits per heavy atom. The zero-order valence-electron chi connectivity index (χ0n) is 10.9. The van der Waals surface area contributed by atoms with Crippen molar-refractivity contribution in [3.63, 3.8) is 0 Å². The van der Waals surface area contributed by atoms with Gasteiger partial charge in [-0.05, 0) is 20.8 Å². The van der Waals surface area contributed by atoms with Gasteiger partial charge < -0.3 is 14.5 Å². The molecule has 0 unspecified atom stereocenters. The first-order valence-corrected chi connectivity index (χ1v) is 6.72. The van der Waals surface area contributed by atoms with Crippen LogP contribution in [0, 0.1) is 0 Å². The Labute approximate surface area is 111 Å². The van der Waals surface area contributed by atoms with Crippen LogP contribution in [0.5, 0.6) is 0 Å². The van der Waals surface area contributed by atoms with Crippen LogP contribution >= 0.6 is 11.5 Å². The van der Waals surface area contributed by atoms with Crippen LogP contribution in [0.3, 0.4) is 0 Å². The molecule has 1 saturated heterocycles. The van der Waals surface area contributed by atoms with E-state index in [-0.39, 0.29) is 6.09 Å². The molecule has 18 heavy (non-hydrogen) atoms. The van der Waals surface area contributed by atoms with Gasteiger partial charge in [0, 0.05) is 37.7 Å². The average Bonchev–Trinajstić information content (AvgIpc) is 2.80. The second kappa shape index (κ2) is 5.09. The van der Waals surface area contributed by atoms with E-state index in [0.29, 0.717) is 13.1 Å². The number of hydrogen-bond acceptors (Lipinski definition) is 6. The van der Waals surface area contributed by atoms with Crippen LogP contribution in [0.1, 0.15) is 20.8 Å². The summed E-state index contributed by atoms with van der Waals surface area (Å²) < 4.78 is 9.33. The minimum absolute atomic E-state index is 0.237. The largest absolute Gasteiger partial charge is 0.444 e. The number of hydrogen-bond donors (Lipinski definition) is 0. The zero-order valence-corrected chi connectivity index (χ0v) is 11.7. The Morgan fingerprint density at radius 2 is 2.00 bits per heavy atom. The number of anilines is 1. The lowest BCUT2D eigenvalue weighted by Crippen LogP contribution is -2.50. The van der Waals surface area contributed by atoms with E-state index in [0.717, 1.165) is 18.2 Å². The van der Waals surface area contributed by atoms with Gasteiger partial charge in [-0.2, -0.15) is 4.37 Å². The third-order valence-corrected chi connectivity index (χ3v) is 3.28. The molecule has 2 rings (SSSR count). The maximum absolute atomic E-state index is 11.9. The summed E-state index contributed by atoms with van der Waals surface area (Å²) in [5.41, 5.74) is -0.437. The second-order valence-electron chi connectivity index (χ2n) is 5.18. The molecule has 1 amide bonds. The van der Waals surface area contributed by atoms with Gasteiger partial charge in [-0.25, -0.2) is 9.78 Å². The molecule has 2 heterocycles. The summed E-state index contributed by atoms with van der Waals surface area (Å²) >= 11 is 1.38. The lowest BCUT2D eigenvalue weighted by Gasteiger charge is -2.35. The predicted molar refractivity (Wildman–Crippen MR) is 69.9 cm³/mol. The first-order chi connectivity index (χ1) is 8.46. The predicted octanol–water partition coefficient (Wildman–Crippen LogP) is 1.60. The van der Waals surface area contributed by atoms with Crippen LogP contribution in [-0.4, -0.2) is 52.1 Å². The molecule has 100 valence electrons. The average molecular weight is 270 g/mol. The third kappa shape index (κ3) is 3.32. The Hall–Kier alpha value is -1.37. The monoisotopic (exact) mass is 270 g/mol. The van der Waals surface area contributed by atoms with Crippen molar-refractivity contribution in [2.45, 2.75) is 26.4 Å². The van der Waals surface area contributed by atoms with E-state index < -0.39 is 5.60 Å². The van der Waals surface area contributed by atoms with Gasteiger partial charge in [0.1, 0.15) is 11.9 Å². The number of carbonyl (C=O) groups is 1. The summed E-state index contributed by atoms with van der Waals surface area (Å²) in [6, 6.07) is 0. The molecule has 0 radical (unpaired) electrons. The van der Waals surface area contributed by atoms with Gasteiger partial charge in [0.25, 0.3) is 0 Å². The number of ether oxygens (including phenoxy) is 1. The Balaban J connectivity index is 1.85. The summed E-state index contributed by atoms with van der Waals surface area (Å²) in [7, 11) is 0. The molecule has 0 aromatic carbocycles. The molecule has 1 aliphatic heterocycles.